The maximum atomic E-state index is 13.3. The number of hydrogen-bond acceptors (Lipinski definition) is 16. The fourth-order valence-electron chi connectivity index (χ4n) is 10.9. The predicted molar refractivity (Wildman–Crippen MR) is 431 cm³/mol. The maximum absolute atomic E-state index is 13.3. The minimum atomic E-state index is -4.84. The quantitative estimate of drug-likeness (QED) is 0.0329. The number of carbonyl (C=O) groups excluding carboxylic acids is 8. The highest BCUT2D eigenvalue weighted by atomic mass is 35.5. The molecule has 0 radical (unpaired) electrons. The first-order chi connectivity index (χ1) is 56.7. The van der Waals surface area contributed by atoms with E-state index in [9.17, 15) is 64.7 Å². The number of aromatic nitrogens is 12. The molecule has 0 saturated carbocycles. The van der Waals surface area contributed by atoms with Gasteiger partial charge in [0, 0.05) is 63.1 Å². The summed E-state index contributed by atoms with van der Waals surface area (Å²) in [7, 11) is 2.83. The van der Waals surface area contributed by atoms with Crippen LogP contribution in [0.3, 0.4) is 0 Å². The number of aryl methyl sites for hydroxylation is 4. The van der Waals surface area contributed by atoms with Gasteiger partial charge in [-0.05, 0) is 123 Å². The van der Waals surface area contributed by atoms with Crippen LogP contribution in [0.15, 0.2) is 146 Å². The van der Waals surface area contributed by atoms with Crippen molar-refractivity contribution in [2.24, 2.45) is 11.5 Å². The lowest BCUT2D eigenvalue weighted by molar-refractivity contribution is -0.142. The first-order valence-corrected chi connectivity index (χ1v) is 35.7. The van der Waals surface area contributed by atoms with Crippen LogP contribution >= 0.6 is 69.6 Å². The van der Waals surface area contributed by atoms with Gasteiger partial charge in [0.05, 0.1) is 91.4 Å². The number of nitrogens with zero attached hydrogens (tertiary/aromatic N) is 16. The number of carbonyl (C=O) groups is 8. The molecule has 0 aliphatic heterocycles. The lowest BCUT2D eigenvalue weighted by Gasteiger charge is -2.15. The van der Waals surface area contributed by atoms with Crippen molar-refractivity contribution < 1.29 is 64.7 Å². The second-order valence-electron chi connectivity index (χ2n) is 24.3. The smallest absolute Gasteiger partial charge is 0.366 e. The fourth-order valence-corrected chi connectivity index (χ4v) is 12.1. The Hall–Kier alpha value is -14.6. The molecule has 12 aromatic rings. The van der Waals surface area contributed by atoms with Crippen molar-refractivity contribution in [2.75, 3.05) is 35.4 Å². The molecule has 0 saturated heterocycles. The van der Waals surface area contributed by atoms with Gasteiger partial charge in [-0.1, -0.05) is 93.9 Å². The van der Waals surface area contributed by atoms with Crippen molar-refractivity contribution in [3.8, 4) is 23.3 Å². The lowest BCUT2D eigenvalue weighted by atomic mass is 10.1. The summed E-state index contributed by atoms with van der Waals surface area (Å²) in [6.07, 6.45) is -4.10. The molecule has 44 heteroatoms. The molecule has 0 spiro atoms. The molecule has 4 aromatic carbocycles. The number of anilines is 4. The predicted octanol–water partition coefficient (Wildman–Crippen LogP) is 16.4. The second kappa shape index (κ2) is 38.0. The van der Waals surface area contributed by atoms with Crippen LogP contribution in [0.4, 0.5) is 71.8 Å². The van der Waals surface area contributed by atoms with Gasteiger partial charge in [-0.15, -0.1) is 0 Å². The van der Waals surface area contributed by atoms with Crippen LogP contribution in [0.5, 0.6) is 0 Å². The third-order valence-corrected chi connectivity index (χ3v) is 17.8. The highest BCUT2D eigenvalue weighted by Gasteiger charge is 2.39. The van der Waals surface area contributed by atoms with Gasteiger partial charge in [-0.2, -0.15) is 46.7 Å². The normalized spacial score (nSPS) is 10.7. The minimum absolute atomic E-state index is 0.0207. The first kappa shape index (κ1) is 89.3. The number of alkyl halides is 6. The molecule has 32 nitrogen and oxygen atoms in total. The number of nitrogens with one attached hydrogen (secondary N) is 6. The molecular weight excluding hydrogens is 1700 g/mol. The Morgan fingerprint density at radius 2 is 0.592 bits per heavy atom. The van der Waals surface area contributed by atoms with E-state index < -0.39 is 82.4 Å². The summed E-state index contributed by atoms with van der Waals surface area (Å²) < 4.78 is 83.5. The number of amides is 8. The first-order valence-electron chi connectivity index (χ1n) is 33.4. The van der Waals surface area contributed by atoms with E-state index in [1.807, 2.05) is 0 Å². The summed E-state index contributed by atoms with van der Waals surface area (Å²) in [5.74, 6) is -5.85. The minimum Gasteiger partial charge on any atom is -0.366 e. The number of rotatable bonds is 16. The molecule has 608 valence electrons. The molecule has 8 amide bonds. The van der Waals surface area contributed by atoms with E-state index in [-0.39, 0.29) is 133 Å². The molecule has 0 fully saturated rings. The topological polar surface area (TPSA) is 401 Å². The largest absolute Gasteiger partial charge is 0.435 e. The molecule has 0 aliphatic rings. The van der Waals surface area contributed by atoms with Gasteiger partial charge < -0.3 is 43.4 Å². The summed E-state index contributed by atoms with van der Waals surface area (Å²) >= 11 is 36.4. The van der Waals surface area contributed by atoms with Crippen LogP contribution in [0, 0.1) is 54.0 Å². The molecule has 8 heterocycles. The molecular formula is C76H52Cl6F6N24O8. The van der Waals surface area contributed by atoms with Crippen LogP contribution in [-0.2, 0) is 12.4 Å². The van der Waals surface area contributed by atoms with E-state index in [1.54, 1.807) is 51.1 Å². The summed E-state index contributed by atoms with van der Waals surface area (Å²) in [6.45, 7) is 34.9. The molecule has 8 aromatic heterocycles. The Balaban J connectivity index is 0.000000182. The SMILES string of the molecule is [C-]#[N+]c1cc(C)c(NC(=O)c2cc(C(F)(F)F)nn2-c2ncccc2Cl)c(C(=O)NC)c1.[C-]#[N+]c1cc(C)c(NC(=O)c2cc(C(F)(F)F)nn2-c2ncccc2Cl)c(C(N)=O)c1.[C-]#[N+]c1cc(C)c(NC(=O)c2cc(Cl)nn2-c2ncccc2Cl)c(C(=O)NC)c1.[C-]#[N+]c1cc(C)c(NC(=O)c2cc(Cl)nn2-c2ncccc2Cl)c(C(N)=O)c1. The van der Waals surface area contributed by atoms with Crippen molar-refractivity contribution in [3.05, 3.63) is 301 Å². The van der Waals surface area contributed by atoms with Crippen LogP contribution < -0.4 is 43.4 Å². The van der Waals surface area contributed by atoms with Gasteiger partial charge in [0.15, 0.2) is 67.7 Å². The lowest BCUT2D eigenvalue weighted by Crippen LogP contribution is -2.23. The van der Waals surface area contributed by atoms with Gasteiger partial charge in [-0.25, -0.2) is 58.0 Å². The van der Waals surface area contributed by atoms with Crippen LogP contribution in [0.2, 0.25) is 30.4 Å². The Bertz CT molecular complexity index is 6340. The van der Waals surface area contributed by atoms with E-state index in [0.29, 0.717) is 43.8 Å². The zero-order valence-electron chi connectivity index (χ0n) is 62.0. The van der Waals surface area contributed by atoms with Gasteiger partial charge in [-0.3, -0.25) is 38.4 Å². The zero-order chi connectivity index (χ0) is 88.1. The fraction of sp³-hybridized carbons (Fsp3) is 0.105. The Morgan fingerprint density at radius 1 is 0.358 bits per heavy atom. The van der Waals surface area contributed by atoms with E-state index in [1.165, 1.54) is 134 Å². The van der Waals surface area contributed by atoms with Crippen LogP contribution in [0.1, 0.15) is 117 Å². The van der Waals surface area contributed by atoms with E-state index in [0.717, 1.165) is 0 Å². The van der Waals surface area contributed by atoms with Crippen molar-refractivity contribution in [2.45, 2.75) is 40.0 Å². The van der Waals surface area contributed by atoms with Crippen molar-refractivity contribution in [1.82, 2.24) is 69.7 Å². The van der Waals surface area contributed by atoms with Gasteiger partial charge >= 0.3 is 12.4 Å². The number of primary amides is 2. The van der Waals surface area contributed by atoms with E-state index >= 15 is 0 Å². The highest BCUT2D eigenvalue weighted by Crippen LogP contribution is 2.37. The molecule has 0 bridgehead atoms. The van der Waals surface area contributed by atoms with Gasteiger partial charge in [0.1, 0.15) is 22.8 Å². The molecule has 0 aliphatic carbocycles. The number of halogens is 12. The summed E-state index contributed by atoms with van der Waals surface area (Å²) in [4.78, 5) is 129. The summed E-state index contributed by atoms with van der Waals surface area (Å²) in [6, 6.07) is 27.1. The molecule has 0 atom stereocenters. The number of hydrogen-bond donors (Lipinski definition) is 8. The maximum Gasteiger partial charge on any atom is 0.435 e. The van der Waals surface area contributed by atoms with Crippen molar-refractivity contribution in [1.29, 1.82) is 0 Å². The second-order valence-corrected chi connectivity index (χ2v) is 26.7. The standard InChI is InChI=1S/C20H14ClF3N6O2.C19H14Cl2N6O2.C19H12ClF3N6O2.C18H12Cl2N6O2/c1-10-7-11(25-2)8-12(18(31)26-3)16(10)28-19(32)14-9-15(20(22,23)24)29-30(14)17-13(21)5-4-6-27-17;1-10-7-11(22-2)8-12(18(28)23-3)16(10)25-19(29)14-9-15(21)26-27(14)17-13(20)5-4-6-24-17;1-9-6-10(25-2)7-11(16(24)30)15(9)27-18(31)13-8-14(19(21,22)23)28-29(13)17-12(20)4-3-5-26-17;1-9-6-10(22-2)7-11(16(21)27)15(9)24-18(28)13-8-14(20)25-26(13)17-12(19)4-3-5-23-17/h4-9H,1,3H3,(H,26,31)(H,28,32);4-9H,1,3H3,(H,23,28)(H,25,29);3-8H,1H3,(H2,24,30)(H,27,31);3-8H,1H3,(H2,21,27)(H,24,28). The average Bonchev–Trinajstić information content (AvgIpc) is 1.60. The molecule has 12 rings (SSSR count). The summed E-state index contributed by atoms with van der Waals surface area (Å²) in [5.41, 5.74) is 10.1. The van der Waals surface area contributed by atoms with E-state index in [2.05, 4.69) is 91.6 Å². The van der Waals surface area contributed by atoms with Crippen molar-refractivity contribution >= 4 is 162 Å². The van der Waals surface area contributed by atoms with Gasteiger partial charge in [0.25, 0.3) is 35.4 Å². The van der Waals surface area contributed by atoms with E-state index in [4.69, 9.17) is 107 Å². The number of nitrogens with two attached hydrogens (primary N) is 2. The number of pyridine rings is 4. The molecule has 0 unspecified atom stereocenters. The Kier molecular flexibility index (Phi) is 28.3. The van der Waals surface area contributed by atoms with Crippen LogP contribution in [-0.4, -0.2) is 120 Å². The third-order valence-electron chi connectivity index (χ3n) is 16.3. The Morgan fingerprint density at radius 3 is 0.817 bits per heavy atom. The molecule has 10 N–H and O–H groups in total. The highest BCUT2D eigenvalue weighted by molar-refractivity contribution is 6.34. The summed E-state index contributed by atoms with van der Waals surface area (Å²) in [5, 5.41) is 30.7. The zero-order valence-corrected chi connectivity index (χ0v) is 66.5. The van der Waals surface area contributed by atoms with Crippen molar-refractivity contribution in [3.63, 3.8) is 0 Å². The van der Waals surface area contributed by atoms with Gasteiger partial charge in [0.2, 0.25) is 11.8 Å². The Labute approximate surface area is 703 Å². The third kappa shape index (κ3) is 20.6. The van der Waals surface area contributed by atoms with Crippen LogP contribution in [0.25, 0.3) is 42.7 Å². The average molecular weight is 1760 g/mol. The number of benzene rings is 4. The molecule has 120 heavy (non-hydrogen) atoms. The monoisotopic (exact) mass is 1750 g/mol.